The third-order valence-corrected chi connectivity index (χ3v) is 6.76. The standard InChI is InChI=1S/C29H30N4O3S/c1-4-20-11-15-23(16-12-20)31-26(34)18-37-29-32-25-8-6-5-7-24(25)28(36)33(29)17-21-9-13-22(14-10-21)27(35)30-19(2)3/h5-16,19H,4,17-18H2,1-3H3,(H,30,35)(H,31,34). The number of anilines is 1. The quantitative estimate of drug-likeness (QED) is 0.245. The molecule has 190 valence electrons. The minimum absolute atomic E-state index is 0.0434. The number of nitrogens with zero attached hydrogens (tertiary/aromatic N) is 2. The van der Waals surface area contributed by atoms with Crippen LogP contribution in [0.2, 0.25) is 0 Å². The van der Waals surface area contributed by atoms with Crippen molar-refractivity contribution in [3.05, 3.63) is 99.8 Å². The summed E-state index contributed by atoms with van der Waals surface area (Å²) < 4.78 is 1.58. The van der Waals surface area contributed by atoms with Gasteiger partial charge in [0.25, 0.3) is 11.5 Å². The van der Waals surface area contributed by atoms with Crippen molar-refractivity contribution in [2.75, 3.05) is 11.1 Å². The van der Waals surface area contributed by atoms with Gasteiger partial charge in [-0.05, 0) is 67.8 Å². The van der Waals surface area contributed by atoms with Crippen LogP contribution >= 0.6 is 11.8 Å². The van der Waals surface area contributed by atoms with Crippen LogP contribution in [0.3, 0.4) is 0 Å². The van der Waals surface area contributed by atoms with E-state index in [1.807, 2.05) is 62.4 Å². The van der Waals surface area contributed by atoms with Crippen LogP contribution in [0.5, 0.6) is 0 Å². The molecule has 2 amide bonds. The lowest BCUT2D eigenvalue weighted by Gasteiger charge is -2.14. The summed E-state index contributed by atoms with van der Waals surface area (Å²) in [6.45, 7) is 6.17. The lowest BCUT2D eigenvalue weighted by atomic mass is 10.1. The zero-order valence-electron chi connectivity index (χ0n) is 21.2. The smallest absolute Gasteiger partial charge is 0.262 e. The lowest BCUT2D eigenvalue weighted by Crippen LogP contribution is -2.30. The number of aryl methyl sites for hydroxylation is 1. The van der Waals surface area contributed by atoms with Gasteiger partial charge in [0.05, 0.1) is 23.2 Å². The fourth-order valence-corrected chi connectivity index (χ4v) is 4.64. The molecular formula is C29H30N4O3S. The number of hydrogen-bond donors (Lipinski definition) is 2. The Bertz CT molecular complexity index is 1460. The SMILES string of the molecule is CCc1ccc(NC(=O)CSc2nc3ccccc3c(=O)n2Cc2ccc(C(=O)NC(C)C)cc2)cc1. The van der Waals surface area contributed by atoms with Crippen LogP contribution in [0.4, 0.5) is 5.69 Å². The first kappa shape index (κ1) is 26.2. The van der Waals surface area contributed by atoms with Gasteiger partial charge in [0.15, 0.2) is 5.16 Å². The second-order valence-electron chi connectivity index (χ2n) is 9.02. The van der Waals surface area contributed by atoms with Crippen molar-refractivity contribution in [1.29, 1.82) is 0 Å². The number of hydrogen-bond acceptors (Lipinski definition) is 5. The molecule has 4 aromatic rings. The Morgan fingerprint density at radius 2 is 1.62 bits per heavy atom. The fourth-order valence-electron chi connectivity index (χ4n) is 3.84. The van der Waals surface area contributed by atoms with E-state index in [0.717, 1.165) is 17.7 Å². The summed E-state index contributed by atoms with van der Waals surface area (Å²) in [7, 11) is 0. The van der Waals surface area contributed by atoms with Crippen molar-refractivity contribution >= 4 is 40.2 Å². The molecule has 8 heteroatoms. The van der Waals surface area contributed by atoms with Crippen LogP contribution in [-0.4, -0.2) is 33.2 Å². The van der Waals surface area contributed by atoms with E-state index in [4.69, 9.17) is 4.98 Å². The zero-order chi connectivity index (χ0) is 26.4. The number of rotatable bonds is 9. The Balaban J connectivity index is 1.55. The summed E-state index contributed by atoms with van der Waals surface area (Å²) in [6.07, 6.45) is 0.934. The molecule has 4 rings (SSSR count). The van der Waals surface area contributed by atoms with Gasteiger partial charge >= 0.3 is 0 Å². The summed E-state index contributed by atoms with van der Waals surface area (Å²) in [5, 5.41) is 6.75. The van der Waals surface area contributed by atoms with Gasteiger partial charge in [-0.2, -0.15) is 0 Å². The van der Waals surface area contributed by atoms with Gasteiger partial charge in [-0.3, -0.25) is 19.0 Å². The summed E-state index contributed by atoms with van der Waals surface area (Å²) in [4.78, 5) is 43.0. The van der Waals surface area contributed by atoms with E-state index in [0.29, 0.717) is 21.6 Å². The number of carbonyl (C=O) groups is 2. The van der Waals surface area contributed by atoms with Gasteiger partial charge in [0, 0.05) is 17.3 Å². The molecule has 3 aromatic carbocycles. The number of nitrogens with one attached hydrogen (secondary N) is 2. The summed E-state index contributed by atoms with van der Waals surface area (Å²) in [6, 6.07) is 22.1. The van der Waals surface area contributed by atoms with Crippen LogP contribution in [0.15, 0.2) is 82.7 Å². The van der Waals surface area contributed by atoms with Crippen molar-refractivity contribution in [3.8, 4) is 0 Å². The van der Waals surface area contributed by atoms with E-state index in [1.54, 1.807) is 28.8 Å². The number of carbonyl (C=O) groups excluding carboxylic acids is 2. The third-order valence-electron chi connectivity index (χ3n) is 5.78. The summed E-state index contributed by atoms with van der Waals surface area (Å²) in [5.74, 6) is -0.212. The Morgan fingerprint density at radius 1 is 0.946 bits per heavy atom. The minimum atomic E-state index is -0.177. The predicted molar refractivity (Wildman–Crippen MR) is 149 cm³/mol. The topological polar surface area (TPSA) is 93.1 Å². The molecule has 0 saturated carbocycles. The second-order valence-corrected chi connectivity index (χ2v) is 9.96. The predicted octanol–water partition coefficient (Wildman–Crippen LogP) is 4.88. The monoisotopic (exact) mass is 514 g/mol. The van der Waals surface area contributed by atoms with Crippen molar-refractivity contribution < 1.29 is 9.59 Å². The number of thioether (sulfide) groups is 1. The minimum Gasteiger partial charge on any atom is -0.350 e. The Morgan fingerprint density at radius 3 is 2.30 bits per heavy atom. The van der Waals surface area contributed by atoms with Gasteiger partial charge in [-0.15, -0.1) is 0 Å². The summed E-state index contributed by atoms with van der Waals surface area (Å²) in [5.41, 5.74) is 3.74. The number of para-hydroxylation sites is 1. The van der Waals surface area contributed by atoms with Crippen molar-refractivity contribution in [1.82, 2.24) is 14.9 Å². The Kier molecular flexibility index (Phi) is 8.40. The molecule has 0 atom stereocenters. The molecule has 0 unspecified atom stereocenters. The van der Waals surface area contributed by atoms with Crippen LogP contribution in [0.25, 0.3) is 10.9 Å². The molecule has 0 saturated heterocycles. The van der Waals surface area contributed by atoms with E-state index < -0.39 is 0 Å². The Labute approximate surface area is 220 Å². The van der Waals surface area contributed by atoms with Gasteiger partial charge in [0.2, 0.25) is 5.91 Å². The first-order chi connectivity index (χ1) is 17.8. The van der Waals surface area contributed by atoms with Crippen molar-refractivity contribution in [2.24, 2.45) is 0 Å². The maximum atomic E-state index is 13.4. The van der Waals surface area contributed by atoms with Crippen LogP contribution in [0.1, 0.15) is 42.3 Å². The molecular weight excluding hydrogens is 484 g/mol. The van der Waals surface area contributed by atoms with Gasteiger partial charge < -0.3 is 10.6 Å². The maximum absolute atomic E-state index is 13.4. The normalized spacial score (nSPS) is 11.0. The number of amides is 2. The van der Waals surface area contributed by atoms with E-state index >= 15 is 0 Å². The van der Waals surface area contributed by atoms with E-state index in [9.17, 15) is 14.4 Å². The van der Waals surface area contributed by atoms with Gasteiger partial charge in [-0.1, -0.05) is 55.1 Å². The number of fused-ring (bicyclic) bond motifs is 1. The fraction of sp³-hybridized carbons (Fsp3) is 0.241. The molecule has 0 aliphatic rings. The van der Waals surface area contributed by atoms with Gasteiger partial charge in [0.1, 0.15) is 0 Å². The van der Waals surface area contributed by atoms with E-state index in [1.165, 1.54) is 17.3 Å². The molecule has 0 aliphatic carbocycles. The molecule has 0 bridgehead atoms. The lowest BCUT2D eigenvalue weighted by molar-refractivity contribution is -0.113. The molecule has 1 heterocycles. The molecule has 0 spiro atoms. The van der Waals surface area contributed by atoms with Crippen molar-refractivity contribution in [2.45, 2.75) is 44.9 Å². The first-order valence-electron chi connectivity index (χ1n) is 12.2. The highest BCUT2D eigenvalue weighted by atomic mass is 32.2. The largest absolute Gasteiger partial charge is 0.350 e. The Hall–Kier alpha value is -3.91. The first-order valence-corrected chi connectivity index (χ1v) is 13.2. The molecule has 0 radical (unpaired) electrons. The second kappa shape index (κ2) is 11.9. The van der Waals surface area contributed by atoms with E-state index in [2.05, 4.69) is 17.6 Å². The van der Waals surface area contributed by atoms with Crippen LogP contribution in [-0.2, 0) is 17.8 Å². The molecule has 2 N–H and O–H groups in total. The average Bonchev–Trinajstić information content (AvgIpc) is 2.89. The summed E-state index contributed by atoms with van der Waals surface area (Å²) >= 11 is 1.22. The molecule has 1 aromatic heterocycles. The molecule has 0 fully saturated rings. The van der Waals surface area contributed by atoms with Crippen LogP contribution in [0, 0.1) is 0 Å². The number of aromatic nitrogens is 2. The zero-order valence-corrected chi connectivity index (χ0v) is 22.0. The molecule has 37 heavy (non-hydrogen) atoms. The highest BCUT2D eigenvalue weighted by molar-refractivity contribution is 7.99. The maximum Gasteiger partial charge on any atom is 0.262 e. The highest BCUT2D eigenvalue weighted by Crippen LogP contribution is 2.20. The van der Waals surface area contributed by atoms with Gasteiger partial charge in [-0.25, -0.2) is 4.98 Å². The third kappa shape index (κ3) is 6.65. The number of benzene rings is 3. The average molecular weight is 515 g/mol. The molecule has 0 aliphatic heterocycles. The highest BCUT2D eigenvalue weighted by Gasteiger charge is 2.15. The molecule has 7 nitrogen and oxygen atoms in total. The van der Waals surface area contributed by atoms with E-state index in [-0.39, 0.29) is 35.7 Å². The van der Waals surface area contributed by atoms with Crippen LogP contribution < -0.4 is 16.2 Å². The van der Waals surface area contributed by atoms with Crippen molar-refractivity contribution in [3.63, 3.8) is 0 Å².